The van der Waals surface area contributed by atoms with Crippen LogP contribution in [0.1, 0.15) is 0 Å². The van der Waals surface area contributed by atoms with Gasteiger partial charge in [-0.25, -0.2) is 4.39 Å². The van der Waals surface area contributed by atoms with Crippen molar-refractivity contribution in [1.29, 1.82) is 0 Å². The summed E-state index contributed by atoms with van der Waals surface area (Å²) in [5.41, 5.74) is 1.80. The number of nitrogens with zero attached hydrogens (tertiary/aromatic N) is 4. The number of phenolic OH excluding ortho intramolecular Hbond substituents is 1. The van der Waals surface area contributed by atoms with Crippen molar-refractivity contribution in [3.05, 3.63) is 91.3 Å². The molecule has 2 aromatic heterocycles. The first-order valence-electron chi connectivity index (χ1n) is 7.20. The molecule has 7 heteroatoms. The van der Waals surface area contributed by atoms with E-state index in [0.29, 0.717) is 0 Å². The Kier molecular flexibility index (Phi) is 6.66. The molecule has 4 rings (SSSR count). The predicted octanol–water partition coefficient (Wildman–Crippen LogP) is 3.39. The standard InChI is InChI=1S/C12H9N4.C6H5FO.Pt/c1-4-11(15-8-2-6-13-15)10-12(5-1)16-9-3-7-14-16;7-5-3-1-2-4-6(5)8;/h1-9H;1-4,8H;/q-1;;. The van der Waals surface area contributed by atoms with Crippen LogP contribution in [0.25, 0.3) is 11.4 Å². The first kappa shape index (κ1) is 18.6. The topological polar surface area (TPSA) is 55.9 Å². The maximum atomic E-state index is 12.1. The molecule has 0 saturated carbocycles. The van der Waals surface area contributed by atoms with Gasteiger partial charge in [0.25, 0.3) is 0 Å². The second-order valence-electron chi connectivity index (χ2n) is 4.77. The fourth-order valence-electron chi connectivity index (χ4n) is 1.99. The van der Waals surface area contributed by atoms with E-state index in [2.05, 4.69) is 16.3 Å². The average Bonchev–Trinajstić information content (AvgIpc) is 3.32. The summed E-state index contributed by atoms with van der Waals surface area (Å²) in [5.74, 6) is -0.875. The maximum Gasteiger partial charge on any atom is 0.164 e. The van der Waals surface area contributed by atoms with Crippen molar-refractivity contribution < 1.29 is 30.6 Å². The van der Waals surface area contributed by atoms with Gasteiger partial charge in [-0.3, -0.25) is 9.36 Å². The monoisotopic (exact) mass is 516 g/mol. The van der Waals surface area contributed by atoms with Gasteiger partial charge in [-0.2, -0.15) is 16.3 Å². The summed E-state index contributed by atoms with van der Waals surface area (Å²) < 4.78 is 15.6. The van der Waals surface area contributed by atoms with Crippen LogP contribution in [-0.4, -0.2) is 24.7 Å². The molecule has 1 N–H and O–H groups in total. The van der Waals surface area contributed by atoms with Gasteiger partial charge in [0.15, 0.2) is 11.6 Å². The molecule has 0 aliphatic carbocycles. The molecule has 0 unspecified atom stereocenters. The zero-order valence-corrected chi connectivity index (χ0v) is 15.2. The molecule has 0 fully saturated rings. The van der Waals surface area contributed by atoms with Gasteiger partial charge < -0.3 is 5.11 Å². The predicted molar refractivity (Wildman–Crippen MR) is 87.6 cm³/mol. The summed E-state index contributed by atoms with van der Waals surface area (Å²) in [6, 6.07) is 18.5. The summed E-state index contributed by atoms with van der Waals surface area (Å²) in [6.07, 6.45) is 7.26. The second-order valence-corrected chi connectivity index (χ2v) is 4.77. The van der Waals surface area contributed by atoms with Crippen molar-refractivity contribution >= 4 is 0 Å². The van der Waals surface area contributed by atoms with Crippen LogP contribution < -0.4 is 0 Å². The molecule has 2 aromatic carbocycles. The molecule has 4 aromatic rings. The quantitative estimate of drug-likeness (QED) is 0.416. The van der Waals surface area contributed by atoms with E-state index in [-0.39, 0.29) is 26.8 Å². The van der Waals surface area contributed by atoms with Gasteiger partial charge in [0.1, 0.15) is 0 Å². The number of rotatable bonds is 2. The van der Waals surface area contributed by atoms with Crippen LogP contribution in [-0.2, 0) is 21.1 Å². The average molecular weight is 516 g/mol. The number of hydrogen-bond donors (Lipinski definition) is 1. The number of benzene rings is 2. The number of phenols is 1. The van der Waals surface area contributed by atoms with Gasteiger partial charge in [0.2, 0.25) is 0 Å². The van der Waals surface area contributed by atoms with Crippen LogP contribution in [0.3, 0.4) is 0 Å². The van der Waals surface area contributed by atoms with E-state index < -0.39 is 5.82 Å². The van der Waals surface area contributed by atoms with Gasteiger partial charge in [0.05, 0.1) is 0 Å². The van der Waals surface area contributed by atoms with Crippen molar-refractivity contribution in [2.24, 2.45) is 0 Å². The molecule has 0 radical (unpaired) electrons. The van der Waals surface area contributed by atoms with Crippen LogP contribution in [0.5, 0.6) is 5.75 Å². The Labute approximate surface area is 158 Å². The summed E-state index contributed by atoms with van der Waals surface area (Å²) in [6.45, 7) is 0. The number of aromatic hydroxyl groups is 1. The van der Waals surface area contributed by atoms with Crippen LogP contribution in [0.2, 0.25) is 0 Å². The van der Waals surface area contributed by atoms with Crippen molar-refractivity contribution in [3.8, 4) is 17.1 Å². The van der Waals surface area contributed by atoms with E-state index in [0.717, 1.165) is 11.4 Å². The minimum Gasteiger partial charge on any atom is -0.505 e. The summed E-state index contributed by atoms with van der Waals surface area (Å²) in [7, 11) is 0. The number of hydrogen-bond acceptors (Lipinski definition) is 3. The van der Waals surface area contributed by atoms with Crippen molar-refractivity contribution in [2.45, 2.75) is 0 Å². The van der Waals surface area contributed by atoms with Gasteiger partial charge in [-0.1, -0.05) is 12.1 Å². The van der Waals surface area contributed by atoms with Crippen LogP contribution in [0.4, 0.5) is 4.39 Å². The second kappa shape index (κ2) is 8.94. The van der Waals surface area contributed by atoms with Crippen LogP contribution in [0, 0.1) is 11.9 Å². The zero-order chi connectivity index (χ0) is 16.8. The molecule has 0 aliphatic rings. The molecule has 0 atom stereocenters. The normalized spacial score (nSPS) is 9.64. The molecule has 130 valence electrons. The molecule has 2 heterocycles. The van der Waals surface area contributed by atoms with Crippen molar-refractivity contribution in [3.63, 3.8) is 0 Å². The Bertz CT molecular complexity index is 825. The van der Waals surface area contributed by atoms with Gasteiger partial charge in [-0.15, -0.1) is 18.2 Å². The fraction of sp³-hybridized carbons (Fsp3) is 0. The number of aromatic nitrogens is 4. The fourth-order valence-corrected chi connectivity index (χ4v) is 1.99. The van der Waals surface area contributed by atoms with Gasteiger partial charge in [-0.05, 0) is 35.6 Å². The molecule has 0 amide bonds. The summed E-state index contributed by atoms with van der Waals surface area (Å²) in [5, 5.41) is 16.9. The Balaban J connectivity index is 0.000000214. The Hall–Kier alpha value is -2.72. The Morgan fingerprint density at radius 1 is 0.800 bits per heavy atom. The van der Waals surface area contributed by atoms with Gasteiger partial charge in [0, 0.05) is 45.9 Å². The minimum atomic E-state index is -0.576. The van der Waals surface area contributed by atoms with Gasteiger partial charge >= 0.3 is 0 Å². The summed E-state index contributed by atoms with van der Waals surface area (Å²) >= 11 is 0. The Morgan fingerprint density at radius 2 is 1.36 bits per heavy atom. The third-order valence-corrected chi connectivity index (χ3v) is 3.12. The molecule has 25 heavy (non-hydrogen) atoms. The molecule has 5 nitrogen and oxygen atoms in total. The largest absolute Gasteiger partial charge is 0.505 e. The van der Waals surface area contributed by atoms with E-state index in [1.807, 2.05) is 42.7 Å². The molecule has 0 aliphatic heterocycles. The number of halogens is 1. The first-order valence-corrected chi connectivity index (χ1v) is 7.20. The summed E-state index contributed by atoms with van der Waals surface area (Å²) in [4.78, 5) is 0. The van der Waals surface area contributed by atoms with Crippen LogP contribution >= 0.6 is 0 Å². The maximum absolute atomic E-state index is 12.1. The van der Waals surface area contributed by atoms with E-state index >= 15 is 0 Å². The third-order valence-electron chi connectivity index (χ3n) is 3.12. The first-order chi connectivity index (χ1) is 11.7. The van der Waals surface area contributed by atoms with E-state index in [9.17, 15) is 4.39 Å². The minimum absolute atomic E-state index is 0. The third kappa shape index (κ3) is 4.87. The van der Waals surface area contributed by atoms with E-state index in [1.54, 1.807) is 27.8 Å². The molecular formula is C18H14FN4OPt-. The van der Waals surface area contributed by atoms with E-state index in [1.165, 1.54) is 18.2 Å². The molecule has 0 saturated heterocycles. The Morgan fingerprint density at radius 3 is 1.76 bits per heavy atom. The number of para-hydroxylation sites is 1. The van der Waals surface area contributed by atoms with Crippen LogP contribution in [0.15, 0.2) is 79.4 Å². The molecule has 0 bridgehead atoms. The van der Waals surface area contributed by atoms with Crippen molar-refractivity contribution in [1.82, 2.24) is 19.6 Å². The smallest absolute Gasteiger partial charge is 0.164 e. The molecular weight excluding hydrogens is 502 g/mol. The SMILES string of the molecule is Oc1ccccc1F.[Pt].[c-]1c(-n2cccn2)cccc1-n1cccn1. The molecule has 0 spiro atoms. The van der Waals surface area contributed by atoms with E-state index in [4.69, 9.17) is 5.11 Å². The van der Waals surface area contributed by atoms with Crippen molar-refractivity contribution in [2.75, 3.05) is 0 Å². The zero-order valence-electron chi connectivity index (χ0n) is 12.9.